The van der Waals surface area contributed by atoms with Crippen LogP contribution in [0.15, 0.2) is 42.0 Å². The SMILES string of the molecule is CS(=O)(=O)O[C@@H]1CC(C(=O)O)=CC2C1N2Cc1ccccc1. The molecule has 1 aromatic carbocycles. The Kier molecular flexibility index (Phi) is 3.80. The summed E-state index contributed by atoms with van der Waals surface area (Å²) in [5.74, 6) is -1.02. The van der Waals surface area contributed by atoms with Crippen molar-refractivity contribution < 1.29 is 22.5 Å². The zero-order chi connectivity index (χ0) is 15.9. The standard InChI is InChI=1S/C15H17NO5S/c1-22(19,20)21-13-8-11(15(17)18)7-12-14(13)16(12)9-10-5-3-2-4-6-10/h2-7,12-14H,8-9H2,1H3,(H,17,18)/t12?,13-,14?,16?/m1/s1. The van der Waals surface area contributed by atoms with Crippen molar-refractivity contribution in [1.29, 1.82) is 0 Å². The van der Waals surface area contributed by atoms with E-state index >= 15 is 0 Å². The highest BCUT2D eigenvalue weighted by molar-refractivity contribution is 7.86. The van der Waals surface area contributed by atoms with Gasteiger partial charge in [-0.15, -0.1) is 0 Å². The number of rotatable bonds is 5. The zero-order valence-electron chi connectivity index (χ0n) is 12.0. The molecule has 1 aliphatic carbocycles. The fourth-order valence-electron chi connectivity index (χ4n) is 3.04. The van der Waals surface area contributed by atoms with Gasteiger partial charge in [-0.1, -0.05) is 36.4 Å². The van der Waals surface area contributed by atoms with E-state index in [-0.39, 0.29) is 24.1 Å². The van der Waals surface area contributed by atoms with Crippen LogP contribution in [-0.2, 0) is 25.6 Å². The van der Waals surface area contributed by atoms with Crippen molar-refractivity contribution in [3.8, 4) is 0 Å². The molecule has 0 amide bonds. The molecule has 0 radical (unpaired) electrons. The Morgan fingerprint density at radius 3 is 2.64 bits per heavy atom. The first-order valence-electron chi connectivity index (χ1n) is 6.97. The summed E-state index contributed by atoms with van der Waals surface area (Å²) in [6.07, 6.45) is 2.16. The molecule has 1 aliphatic heterocycles. The van der Waals surface area contributed by atoms with Crippen molar-refractivity contribution in [2.45, 2.75) is 31.2 Å². The Morgan fingerprint density at radius 1 is 1.36 bits per heavy atom. The first kappa shape index (κ1) is 15.2. The zero-order valence-corrected chi connectivity index (χ0v) is 12.9. The smallest absolute Gasteiger partial charge is 0.331 e. The Hall–Kier alpha value is -1.70. The predicted octanol–water partition coefficient (Wildman–Crippen LogP) is 0.999. The van der Waals surface area contributed by atoms with Crippen LogP contribution in [0.4, 0.5) is 0 Å². The van der Waals surface area contributed by atoms with E-state index in [1.54, 1.807) is 6.08 Å². The molecule has 0 spiro atoms. The second-order valence-corrected chi connectivity index (χ2v) is 7.28. The van der Waals surface area contributed by atoms with Gasteiger partial charge in [0.25, 0.3) is 10.1 Å². The number of carboxylic acids is 1. The predicted molar refractivity (Wildman–Crippen MR) is 79.6 cm³/mol. The van der Waals surface area contributed by atoms with Crippen molar-refractivity contribution >= 4 is 16.1 Å². The van der Waals surface area contributed by atoms with Crippen LogP contribution >= 0.6 is 0 Å². The van der Waals surface area contributed by atoms with Crippen LogP contribution in [0.25, 0.3) is 0 Å². The maximum absolute atomic E-state index is 11.4. The molecule has 7 heteroatoms. The van der Waals surface area contributed by atoms with E-state index in [1.807, 2.05) is 30.3 Å². The first-order valence-corrected chi connectivity index (χ1v) is 8.79. The van der Waals surface area contributed by atoms with Gasteiger partial charge < -0.3 is 5.11 Å². The number of aliphatic carboxylic acids is 1. The minimum Gasteiger partial charge on any atom is -0.478 e. The minimum absolute atomic E-state index is 0.0770. The molecule has 0 aromatic heterocycles. The van der Waals surface area contributed by atoms with Crippen LogP contribution in [-0.4, -0.2) is 48.8 Å². The largest absolute Gasteiger partial charge is 0.478 e. The van der Waals surface area contributed by atoms with Gasteiger partial charge in [0.2, 0.25) is 0 Å². The lowest BCUT2D eigenvalue weighted by atomic mass is 9.97. The van der Waals surface area contributed by atoms with E-state index in [0.29, 0.717) is 6.54 Å². The summed E-state index contributed by atoms with van der Waals surface area (Å²) in [5.41, 5.74) is 1.31. The van der Waals surface area contributed by atoms with Gasteiger partial charge in [0.05, 0.1) is 18.4 Å². The van der Waals surface area contributed by atoms with E-state index in [2.05, 4.69) is 4.90 Å². The number of benzene rings is 1. The highest BCUT2D eigenvalue weighted by Crippen LogP contribution is 2.42. The summed E-state index contributed by atoms with van der Waals surface area (Å²) < 4.78 is 27.9. The van der Waals surface area contributed by atoms with E-state index in [0.717, 1.165) is 11.8 Å². The Labute approximate surface area is 129 Å². The summed E-state index contributed by atoms with van der Waals surface area (Å²) in [5, 5.41) is 9.17. The van der Waals surface area contributed by atoms with Crippen LogP contribution in [0.1, 0.15) is 12.0 Å². The topological polar surface area (TPSA) is 83.7 Å². The number of carbonyl (C=O) groups is 1. The maximum atomic E-state index is 11.4. The summed E-state index contributed by atoms with van der Waals surface area (Å²) in [4.78, 5) is 13.3. The highest BCUT2D eigenvalue weighted by atomic mass is 32.2. The Bertz CT molecular complexity index is 713. The Morgan fingerprint density at radius 2 is 2.05 bits per heavy atom. The fourth-order valence-corrected chi connectivity index (χ4v) is 3.67. The van der Waals surface area contributed by atoms with E-state index < -0.39 is 22.2 Å². The van der Waals surface area contributed by atoms with Gasteiger partial charge in [0.1, 0.15) is 0 Å². The van der Waals surface area contributed by atoms with E-state index in [9.17, 15) is 18.3 Å². The number of hydrogen-bond acceptors (Lipinski definition) is 5. The summed E-state index contributed by atoms with van der Waals surface area (Å²) in [6.45, 7) is 0.642. The van der Waals surface area contributed by atoms with Crippen molar-refractivity contribution in [2.24, 2.45) is 0 Å². The number of carboxylic acid groups (broad SMARTS) is 1. The van der Waals surface area contributed by atoms with Crippen molar-refractivity contribution in [2.75, 3.05) is 6.26 Å². The van der Waals surface area contributed by atoms with Crippen molar-refractivity contribution in [3.63, 3.8) is 0 Å². The molecular weight excluding hydrogens is 306 g/mol. The van der Waals surface area contributed by atoms with Gasteiger partial charge in [-0.2, -0.15) is 8.42 Å². The lowest BCUT2D eigenvalue weighted by molar-refractivity contribution is -0.133. The summed E-state index contributed by atoms with van der Waals surface area (Å²) in [7, 11) is -3.62. The van der Waals surface area contributed by atoms with Gasteiger partial charge in [0, 0.05) is 24.6 Å². The minimum atomic E-state index is -3.62. The third-order valence-corrected chi connectivity index (χ3v) is 4.58. The normalized spacial score (nSPS) is 30.3. The molecule has 1 N–H and O–H groups in total. The molecule has 3 rings (SSSR count). The lowest BCUT2D eigenvalue weighted by Crippen LogP contribution is -2.30. The summed E-state index contributed by atoms with van der Waals surface area (Å²) in [6, 6.07) is 9.61. The van der Waals surface area contributed by atoms with E-state index in [1.165, 1.54) is 0 Å². The quantitative estimate of drug-likeness (QED) is 0.643. The summed E-state index contributed by atoms with van der Waals surface area (Å²) >= 11 is 0. The van der Waals surface area contributed by atoms with Crippen LogP contribution in [0.3, 0.4) is 0 Å². The van der Waals surface area contributed by atoms with Crippen LogP contribution in [0.2, 0.25) is 0 Å². The average Bonchev–Trinajstić information content (AvgIpc) is 3.11. The second kappa shape index (κ2) is 5.49. The van der Waals surface area contributed by atoms with Gasteiger partial charge in [0.15, 0.2) is 0 Å². The second-order valence-electron chi connectivity index (χ2n) is 5.68. The molecule has 0 bridgehead atoms. The number of fused-ring (bicyclic) bond motifs is 1. The lowest BCUT2D eigenvalue weighted by Gasteiger charge is -2.18. The molecule has 1 heterocycles. The van der Waals surface area contributed by atoms with Crippen LogP contribution in [0.5, 0.6) is 0 Å². The maximum Gasteiger partial charge on any atom is 0.331 e. The molecule has 6 nitrogen and oxygen atoms in total. The number of nitrogens with zero attached hydrogens (tertiary/aromatic N) is 1. The van der Waals surface area contributed by atoms with Gasteiger partial charge >= 0.3 is 5.97 Å². The van der Waals surface area contributed by atoms with Crippen molar-refractivity contribution in [3.05, 3.63) is 47.5 Å². The van der Waals surface area contributed by atoms with Gasteiger partial charge in [-0.05, 0) is 5.56 Å². The molecule has 3 unspecified atom stereocenters. The van der Waals surface area contributed by atoms with Crippen LogP contribution in [0, 0.1) is 0 Å². The van der Waals surface area contributed by atoms with Gasteiger partial charge in [-0.25, -0.2) is 4.79 Å². The molecule has 1 saturated heterocycles. The van der Waals surface area contributed by atoms with Crippen LogP contribution < -0.4 is 0 Å². The Balaban J connectivity index is 1.80. The van der Waals surface area contributed by atoms with Gasteiger partial charge in [-0.3, -0.25) is 9.08 Å². The molecule has 1 aromatic rings. The van der Waals surface area contributed by atoms with Crippen molar-refractivity contribution in [1.82, 2.24) is 4.90 Å². The molecular formula is C15H17NO5S. The number of hydrogen-bond donors (Lipinski definition) is 1. The third kappa shape index (κ3) is 3.21. The molecule has 118 valence electrons. The molecule has 2 aliphatic rings. The molecule has 4 atom stereocenters. The van der Waals surface area contributed by atoms with E-state index in [4.69, 9.17) is 4.18 Å². The molecule has 1 fully saturated rings. The highest BCUT2D eigenvalue weighted by Gasteiger charge is 2.55. The average molecular weight is 323 g/mol. The fraction of sp³-hybridized carbons (Fsp3) is 0.400. The monoisotopic (exact) mass is 323 g/mol. The first-order chi connectivity index (χ1) is 10.3. The third-order valence-electron chi connectivity index (χ3n) is 3.98. The molecule has 22 heavy (non-hydrogen) atoms. The molecule has 0 saturated carbocycles.